The van der Waals surface area contributed by atoms with Gasteiger partial charge in [-0.25, -0.2) is 4.98 Å². The van der Waals surface area contributed by atoms with E-state index in [1.807, 2.05) is 47.4 Å². The summed E-state index contributed by atoms with van der Waals surface area (Å²) in [6, 6.07) is 15.3. The van der Waals surface area contributed by atoms with E-state index in [0.717, 1.165) is 34.5 Å². The van der Waals surface area contributed by atoms with Gasteiger partial charge in [0.25, 0.3) is 11.5 Å². The number of anilines is 1. The van der Waals surface area contributed by atoms with Crippen molar-refractivity contribution in [2.45, 2.75) is 0 Å². The third-order valence-corrected chi connectivity index (χ3v) is 6.30. The number of hydrogen-bond donors (Lipinski definition) is 1. The molecule has 0 radical (unpaired) electrons. The molecule has 28 heavy (non-hydrogen) atoms. The second-order valence-corrected chi connectivity index (χ2v) is 7.87. The maximum atomic E-state index is 13.0. The van der Waals surface area contributed by atoms with Gasteiger partial charge in [0.2, 0.25) is 0 Å². The molecule has 7 heteroatoms. The van der Waals surface area contributed by atoms with E-state index in [4.69, 9.17) is 0 Å². The number of benzene rings is 1. The van der Waals surface area contributed by atoms with Gasteiger partial charge in [0, 0.05) is 48.0 Å². The van der Waals surface area contributed by atoms with Crippen molar-refractivity contribution in [1.29, 1.82) is 0 Å². The van der Waals surface area contributed by atoms with E-state index in [-0.39, 0.29) is 11.5 Å². The van der Waals surface area contributed by atoms with Gasteiger partial charge >= 0.3 is 0 Å². The summed E-state index contributed by atoms with van der Waals surface area (Å²) in [5.74, 6) is 0.930. The number of H-pyrrole nitrogens is 1. The van der Waals surface area contributed by atoms with Crippen LogP contribution in [-0.2, 0) is 0 Å². The number of fused-ring (bicyclic) bond motifs is 3. The molecule has 0 spiro atoms. The molecule has 1 saturated heterocycles. The van der Waals surface area contributed by atoms with Crippen LogP contribution in [-0.4, -0.2) is 47.0 Å². The fourth-order valence-electron chi connectivity index (χ4n) is 3.68. The molecule has 1 N–H and O–H groups in total. The molecule has 0 unspecified atom stereocenters. The Hall–Kier alpha value is -3.19. The molecule has 5 rings (SSSR count). The van der Waals surface area contributed by atoms with Gasteiger partial charge in [-0.05, 0) is 24.3 Å². The minimum absolute atomic E-state index is 0.00893. The number of carbonyl (C=O) groups is 1. The molecule has 0 bridgehead atoms. The molecule has 1 aliphatic rings. The smallest absolute Gasteiger partial charge is 0.264 e. The molecule has 1 amide bonds. The summed E-state index contributed by atoms with van der Waals surface area (Å²) >= 11 is 1.40. The molecule has 1 aliphatic heterocycles. The second-order valence-electron chi connectivity index (χ2n) is 6.82. The highest BCUT2D eigenvalue weighted by molar-refractivity contribution is 7.21. The maximum Gasteiger partial charge on any atom is 0.264 e. The Balaban J connectivity index is 1.42. The molecular formula is C21H18N4O2S. The van der Waals surface area contributed by atoms with Gasteiger partial charge in [-0.15, -0.1) is 11.3 Å². The lowest BCUT2D eigenvalue weighted by Gasteiger charge is -2.35. The van der Waals surface area contributed by atoms with Crippen molar-refractivity contribution in [3.05, 3.63) is 70.0 Å². The zero-order chi connectivity index (χ0) is 19.1. The Kier molecular flexibility index (Phi) is 4.09. The fourth-order valence-corrected chi connectivity index (χ4v) is 4.84. The minimum Gasteiger partial charge on any atom is -0.353 e. The summed E-state index contributed by atoms with van der Waals surface area (Å²) < 4.78 is 0.870. The lowest BCUT2D eigenvalue weighted by molar-refractivity contribution is 0.0751. The molecule has 140 valence electrons. The van der Waals surface area contributed by atoms with E-state index in [9.17, 15) is 9.59 Å². The third-order valence-electron chi connectivity index (χ3n) is 5.15. The van der Waals surface area contributed by atoms with Gasteiger partial charge in [-0.1, -0.05) is 24.3 Å². The van der Waals surface area contributed by atoms with Crippen LogP contribution < -0.4 is 10.5 Å². The first-order chi connectivity index (χ1) is 13.7. The predicted octanol–water partition coefficient (Wildman–Crippen LogP) is 3.10. The summed E-state index contributed by atoms with van der Waals surface area (Å²) in [6.45, 7) is 2.77. The minimum atomic E-state index is -0.149. The number of amides is 1. The largest absolute Gasteiger partial charge is 0.353 e. The molecule has 6 nitrogen and oxygen atoms in total. The first-order valence-corrected chi connectivity index (χ1v) is 10.0. The first-order valence-electron chi connectivity index (χ1n) is 9.20. The van der Waals surface area contributed by atoms with Gasteiger partial charge in [0.1, 0.15) is 5.82 Å². The van der Waals surface area contributed by atoms with E-state index in [1.54, 1.807) is 12.3 Å². The van der Waals surface area contributed by atoms with Gasteiger partial charge in [-0.2, -0.15) is 0 Å². The fraction of sp³-hybridized carbons (Fsp3) is 0.190. The summed E-state index contributed by atoms with van der Waals surface area (Å²) in [4.78, 5) is 37.4. The topological polar surface area (TPSA) is 69.3 Å². The van der Waals surface area contributed by atoms with Crippen LogP contribution in [0.15, 0.2) is 59.5 Å². The number of carbonyl (C=O) groups excluding carboxylic acids is 1. The molecule has 4 aromatic rings. The third kappa shape index (κ3) is 2.84. The molecule has 1 fully saturated rings. The summed E-state index contributed by atoms with van der Waals surface area (Å²) in [7, 11) is 0. The number of pyridine rings is 2. The number of nitrogens with one attached hydrogen (secondary N) is 1. The second kappa shape index (κ2) is 6.76. The maximum absolute atomic E-state index is 13.0. The number of aromatic nitrogens is 2. The Morgan fingerprint density at radius 1 is 1.00 bits per heavy atom. The Labute approximate surface area is 165 Å². The van der Waals surface area contributed by atoms with Crippen molar-refractivity contribution < 1.29 is 4.79 Å². The normalized spacial score (nSPS) is 14.7. The first kappa shape index (κ1) is 16.9. The highest BCUT2D eigenvalue weighted by atomic mass is 32.1. The lowest BCUT2D eigenvalue weighted by atomic mass is 10.2. The number of para-hydroxylation sites is 1. The van der Waals surface area contributed by atoms with E-state index in [1.165, 1.54) is 11.3 Å². The van der Waals surface area contributed by atoms with Crippen molar-refractivity contribution in [2.24, 2.45) is 0 Å². The van der Waals surface area contributed by atoms with Crippen LogP contribution in [0, 0.1) is 0 Å². The van der Waals surface area contributed by atoms with Crippen LogP contribution in [0.4, 0.5) is 5.82 Å². The van der Waals surface area contributed by atoms with Gasteiger partial charge in [0.15, 0.2) is 0 Å². The molecular weight excluding hydrogens is 372 g/mol. The van der Waals surface area contributed by atoms with Crippen LogP contribution in [0.25, 0.3) is 21.0 Å². The molecule has 3 aromatic heterocycles. The summed E-state index contributed by atoms with van der Waals surface area (Å²) in [5.41, 5.74) is 0.647. The van der Waals surface area contributed by atoms with Crippen molar-refractivity contribution >= 4 is 44.1 Å². The monoisotopic (exact) mass is 390 g/mol. The molecule has 0 atom stereocenters. The summed E-state index contributed by atoms with van der Waals surface area (Å²) in [6.07, 6.45) is 1.78. The van der Waals surface area contributed by atoms with E-state index >= 15 is 0 Å². The van der Waals surface area contributed by atoms with Crippen molar-refractivity contribution in [3.8, 4) is 0 Å². The average Bonchev–Trinajstić information content (AvgIpc) is 3.21. The Bertz CT molecular complexity index is 1220. The van der Waals surface area contributed by atoms with Crippen LogP contribution in [0.3, 0.4) is 0 Å². The van der Waals surface area contributed by atoms with Gasteiger partial charge < -0.3 is 14.8 Å². The van der Waals surface area contributed by atoms with Crippen molar-refractivity contribution in [1.82, 2.24) is 14.9 Å². The van der Waals surface area contributed by atoms with Crippen LogP contribution in [0.2, 0.25) is 0 Å². The number of rotatable bonds is 2. The molecule has 1 aromatic carbocycles. The SMILES string of the molecule is O=C(c1cc2c(=O)[nH]c3ccccc3c2s1)N1CCN(c2ccccn2)CC1. The number of aromatic amines is 1. The van der Waals surface area contributed by atoms with E-state index < -0.39 is 0 Å². The lowest BCUT2D eigenvalue weighted by Crippen LogP contribution is -2.48. The molecule has 4 heterocycles. The molecule has 0 aliphatic carbocycles. The highest BCUT2D eigenvalue weighted by Gasteiger charge is 2.24. The van der Waals surface area contributed by atoms with Crippen LogP contribution in [0.1, 0.15) is 9.67 Å². The average molecular weight is 390 g/mol. The molecule has 0 saturated carbocycles. The zero-order valence-corrected chi connectivity index (χ0v) is 15.9. The number of hydrogen-bond acceptors (Lipinski definition) is 5. The van der Waals surface area contributed by atoms with Gasteiger partial charge in [-0.3, -0.25) is 9.59 Å². The van der Waals surface area contributed by atoms with Crippen molar-refractivity contribution in [3.63, 3.8) is 0 Å². The van der Waals surface area contributed by atoms with Crippen LogP contribution >= 0.6 is 11.3 Å². The number of nitrogens with zero attached hydrogens (tertiary/aromatic N) is 3. The predicted molar refractivity (Wildman–Crippen MR) is 112 cm³/mol. The van der Waals surface area contributed by atoms with Crippen LogP contribution in [0.5, 0.6) is 0 Å². The number of thiophene rings is 1. The van der Waals surface area contributed by atoms with Gasteiger partial charge in [0.05, 0.1) is 10.3 Å². The number of piperazine rings is 1. The Morgan fingerprint density at radius 3 is 2.57 bits per heavy atom. The summed E-state index contributed by atoms with van der Waals surface area (Å²) in [5, 5.41) is 1.56. The standard InChI is InChI=1S/C21H18N4O2S/c26-20-15-13-17(28-19(15)14-5-1-2-6-16(14)23-20)21(27)25-11-9-24(10-12-25)18-7-3-4-8-22-18/h1-8,13H,9-12H2,(H,23,26). The Morgan fingerprint density at radius 2 is 1.79 bits per heavy atom. The highest BCUT2D eigenvalue weighted by Crippen LogP contribution is 2.30. The zero-order valence-electron chi connectivity index (χ0n) is 15.1. The van der Waals surface area contributed by atoms with E-state index in [2.05, 4.69) is 14.9 Å². The van der Waals surface area contributed by atoms with Crippen molar-refractivity contribution in [2.75, 3.05) is 31.1 Å². The quantitative estimate of drug-likeness (QED) is 0.571. The van der Waals surface area contributed by atoms with E-state index in [0.29, 0.717) is 23.4 Å².